The average Bonchev–Trinajstić information content (AvgIpc) is 3.43. The Balaban J connectivity index is 1.32. The van der Waals surface area contributed by atoms with E-state index in [0.717, 1.165) is 43.6 Å². The normalized spacial score (nSPS) is 10.9. The monoisotopic (exact) mass is 555 g/mol. The third-order valence-corrected chi connectivity index (χ3v) is 7.81. The molecule has 0 aliphatic heterocycles. The molecule has 41 heavy (non-hydrogen) atoms. The summed E-state index contributed by atoms with van der Waals surface area (Å²) >= 11 is 1.50. The fourth-order valence-corrected chi connectivity index (χ4v) is 5.59. The van der Waals surface area contributed by atoms with Crippen molar-refractivity contribution < 1.29 is 14.7 Å². The zero-order valence-electron chi connectivity index (χ0n) is 21.9. The van der Waals surface area contributed by atoms with Crippen molar-refractivity contribution in [3.8, 4) is 22.3 Å². The van der Waals surface area contributed by atoms with E-state index in [4.69, 9.17) is 5.11 Å². The lowest BCUT2D eigenvalue weighted by Crippen LogP contribution is -2.23. The summed E-state index contributed by atoms with van der Waals surface area (Å²) in [6.45, 7) is 0.261. The number of nitrogens with zero attached hydrogens (tertiary/aromatic N) is 1. The summed E-state index contributed by atoms with van der Waals surface area (Å²) in [7, 11) is 0. The molecular weight excluding hydrogens is 530 g/mol. The molecule has 7 heteroatoms. The molecule has 1 aromatic heterocycles. The molecule has 0 aliphatic rings. The SMILES string of the molecule is O=C(O)c1ccc(CNC(=O)c2cc(-c3ccccc3)cc3[nH]nc(Sc4ccc(-c5ccccc5)cc4)c23)cc1. The van der Waals surface area contributed by atoms with Crippen molar-refractivity contribution in [3.63, 3.8) is 0 Å². The second-order valence-corrected chi connectivity index (χ2v) is 10.6. The number of carbonyl (C=O) groups is 2. The predicted molar refractivity (Wildman–Crippen MR) is 162 cm³/mol. The molecule has 1 heterocycles. The van der Waals surface area contributed by atoms with E-state index in [9.17, 15) is 9.59 Å². The largest absolute Gasteiger partial charge is 0.478 e. The first-order chi connectivity index (χ1) is 20.0. The number of carboxylic acids is 1. The van der Waals surface area contributed by atoms with E-state index >= 15 is 0 Å². The van der Waals surface area contributed by atoms with Gasteiger partial charge >= 0.3 is 5.97 Å². The predicted octanol–water partition coefficient (Wildman–Crippen LogP) is 7.68. The van der Waals surface area contributed by atoms with Crippen LogP contribution in [0.5, 0.6) is 0 Å². The van der Waals surface area contributed by atoms with Gasteiger partial charge in [0.05, 0.1) is 16.6 Å². The minimum Gasteiger partial charge on any atom is -0.478 e. The zero-order chi connectivity index (χ0) is 28.2. The van der Waals surface area contributed by atoms with Crippen LogP contribution in [0.15, 0.2) is 131 Å². The summed E-state index contributed by atoms with van der Waals surface area (Å²) in [6.07, 6.45) is 0. The highest BCUT2D eigenvalue weighted by Crippen LogP contribution is 2.37. The van der Waals surface area contributed by atoms with E-state index in [2.05, 4.69) is 51.9 Å². The maximum absolute atomic E-state index is 13.6. The fraction of sp³-hybridized carbons (Fsp3) is 0.0294. The molecule has 6 nitrogen and oxygen atoms in total. The van der Waals surface area contributed by atoms with Gasteiger partial charge in [0.25, 0.3) is 5.91 Å². The van der Waals surface area contributed by atoms with Gasteiger partial charge in [-0.25, -0.2) is 4.79 Å². The molecule has 0 bridgehead atoms. The van der Waals surface area contributed by atoms with Crippen LogP contribution in [0.1, 0.15) is 26.3 Å². The lowest BCUT2D eigenvalue weighted by Gasteiger charge is -2.11. The number of hydrogen-bond donors (Lipinski definition) is 3. The van der Waals surface area contributed by atoms with Crippen LogP contribution in [-0.2, 0) is 6.54 Å². The Bertz CT molecular complexity index is 1830. The first-order valence-corrected chi connectivity index (χ1v) is 13.9. The van der Waals surface area contributed by atoms with Crippen molar-refractivity contribution in [2.45, 2.75) is 16.5 Å². The van der Waals surface area contributed by atoms with E-state index in [-0.39, 0.29) is 18.0 Å². The van der Waals surface area contributed by atoms with Crippen LogP contribution < -0.4 is 5.32 Å². The molecule has 6 rings (SSSR count). The smallest absolute Gasteiger partial charge is 0.335 e. The average molecular weight is 556 g/mol. The standard InChI is InChI=1S/C34H25N3O3S/c38-32(35-21-22-11-13-26(14-12-22)34(39)40)29-19-27(24-9-5-2-6-10-24)20-30-31(29)33(37-36-30)41-28-17-15-25(16-18-28)23-7-3-1-4-8-23/h1-20H,21H2,(H,35,38)(H,36,37)(H,39,40). The molecule has 1 amide bonds. The van der Waals surface area contributed by atoms with Crippen molar-refractivity contribution in [2.24, 2.45) is 0 Å². The molecule has 6 aromatic rings. The summed E-state index contributed by atoms with van der Waals surface area (Å²) in [4.78, 5) is 25.8. The van der Waals surface area contributed by atoms with Crippen LogP contribution in [0.3, 0.4) is 0 Å². The van der Waals surface area contributed by atoms with Gasteiger partial charge in [0.2, 0.25) is 0 Å². The highest BCUT2D eigenvalue weighted by molar-refractivity contribution is 7.99. The summed E-state index contributed by atoms with van der Waals surface area (Å²) in [5, 5.41) is 21.4. The number of carbonyl (C=O) groups excluding carboxylic acids is 1. The zero-order valence-corrected chi connectivity index (χ0v) is 22.7. The third-order valence-electron chi connectivity index (χ3n) is 6.81. The van der Waals surface area contributed by atoms with Gasteiger partial charge in [0, 0.05) is 16.8 Å². The van der Waals surface area contributed by atoms with Gasteiger partial charge in [-0.15, -0.1) is 0 Å². The van der Waals surface area contributed by atoms with Gasteiger partial charge in [-0.05, 0) is 64.2 Å². The van der Waals surface area contributed by atoms with Crippen LogP contribution >= 0.6 is 11.8 Å². The summed E-state index contributed by atoms with van der Waals surface area (Å²) in [5.74, 6) is -1.22. The van der Waals surface area contributed by atoms with E-state index in [1.54, 1.807) is 12.1 Å². The number of fused-ring (bicyclic) bond motifs is 1. The molecule has 0 aliphatic carbocycles. The Morgan fingerprint density at radius 2 is 1.34 bits per heavy atom. The molecule has 3 N–H and O–H groups in total. The quantitative estimate of drug-likeness (QED) is 0.179. The Labute approximate surface area is 241 Å². The van der Waals surface area contributed by atoms with Crippen molar-refractivity contribution in [1.29, 1.82) is 0 Å². The van der Waals surface area contributed by atoms with Gasteiger partial charge in [-0.3, -0.25) is 9.89 Å². The molecule has 0 atom stereocenters. The molecule has 0 radical (unpaired) electrons. The van der Waals surface area contributed by atoms with Crippen LogP contribution in [0.4, 0.5) is 0 Å². The van der Waals surface area contributed by atoms with Crippen molar-refractivity contribution in [1.82, 2.24) is 15.5 Å². The number of aromatic amines is 1. The molecule has 0 spiro atoms. The summed E-state index contributed by atoms with van der Waals surface area (Å²) < 4.78 is 0. The number of hydrogen-bond acceptors (Lipinski definition) is 4. The van der Waals surface area contributed by atoms with Crippen LogP contribution in [0, 0.1) is 0 Å². The van der Waals surface area contributed by atoms with Crippen LogP contribution in [0.25, 0.3) is 33.2 Å². The van der Waals surface area contributed by atoms with E-state index in [1.807, 2.05) is 60.7 Å². The summed E-state index contributed by atoms with van der Waals surface area (Å²) in [6, 6.07) is 38.8. The van der Waals surface area contributed by atoms with Crippen molar-refractivity contribution >= 4 is 34.5 Å². The number of nitrogens with one attached hydrogen (secondary N) is 2. The number of carboxylic acid groups (broad SMARTS) is 1. The Hall–Kier alpha value is -5.14. The van der Waals surface area contributed by atoms with E-state index in [0.29, 0.717) is 10.6 Å². The highest BCUT2D eigenvalue weighted by Gasteiger charge is 2.19. The van der Waals surface area contributed by atoms with Crippen molar-refractivity contribution in [2.75, 3.05) is 0 Å². The van der Waals surface area contributed by atoms with Crippen molar-refractivity contribution in [3.05, 3.63) is 138 Å². The Morgan fingerprint density at radius 3 is 1.98 bits per heavy atom. The number of aromatic nitrogens is 2. The van der Waals surface area contributed by atoms with Gasteiger partial charge < -0.3 is 10.4 Å². The maximum atomic E-state index is 13.6. The maximum Gasteiger partial charge on any atom is 0.335 e. The lowest BCUT2D eigenvalue weighted by molar-refractivity contribution is 0.0696. The molecule has 0 unspecified atom stereocenters. The number of amides is 1. The molecular formula is C34H25N3O3S. The second-order valence-electron chi connectivity index (χ2n) is 9.52. The first-order valence-electron chi connectivity index (χ1n) is 13.1. The minimum absolute atomic E-state index is 0.203. The molecule has 0 saturated carbocycles. The number of rotatable bonds is 8. The Kier molecular flexibility index (Phi) is 7.34. The minimum atomic E-state index is -0.986. The van der Waals surface area contributed by atoms with Gasteiger partial charge in [-0.2, -0.15) is 5.10 Å². The Morgan fingerprint density at radius 1 is 0.732 bits per heavy atom. The van der Waals surface area contributed by atoms with Crippen LogP contribution in [0.2, 0.25) is 0 Å². The molecule has 0 saturated heterocycles. The van der Waals surface area contributed by atoms with Gasteiger partial charge in [0.15, 0.2) is 0 Å². The topological polar surface area (TPSA) is 95.1 Å². The number of H-pyrrole nitrogens is 1. The molecule has 0 fully saturated rings. The first kappa shape index (κ1) is 26.1. The summed E-state index contributed by atoms with van der Waals surface area (Å²) in [5.41, 5.74) is 6.47. The second kappa shape index (κ2) is 11.5. The third kappa shape index (κ3) is 5.76. The fourth-order valence-electron chi connectivity index (χ4n) is 4.68. The highest BCUT2D eigenvalue weighted by atomic mass is 32.2. The van der Waals surface area contributed by atoms with Gasteiger partial charge in [-0.1, -0.05) is 96.7 Å². The van der Waals surface area contributed by atoms with E-state index < -0.39 is 5.97 Å². The molecule has 200 valence electrons. The van der Waals surface area contributed by atoms with Crippen LogP contribution in [-0.4, -0.2) is 27.2 Å². The number of benzene rings is 5. The molecule has 5 aromatic carbocycles. The lowest BCUT2D eigenvalue weighted by atomic mass is 10.00. The number of aromatic carboxylic acids is 1. The van der Waals surface area contributed by atoms with E-state index in [1.165, 1.54) is 23.9 Å². The van der Waals surface area contributed by atoms with Gasteiger partial charge in [0.1, 0.15) is 5.03 Å².